The van der Waals surface area contributed by atoms with Crippen molar-refractivity contribution < 1.29 is 18.0 Å². The summed E-state index contributed by atoms with van der Waals surface area (Å²) in [5.41, 5.74) is -1.69. The van der Waals surface area contributed by atoms with E-state index in [0.29, 0.717) is 12.8 Å². The molecule has 0 aromatic carbocycles. The molecule has 1 saturated heterocycles. The number of sulfonamides is 1. The van der Waals surface area contributed by atoms with Crippen LogP contribution < -0.4 is 5.32 Å². The number of rotatable bonds is 6. The zero-order valence-electron chi connectivity index (χ0n) is 15.6. The van der Waals surface area contributed by atoms with Gasteiger partial charge in [0.1, 0.15) is 8.67 Å². The number of alkyl halides is 4. The van der Waals surface area contributed by atoms with Crippen LogP contribution >= 0.6 is 46.4 Å². The molecule has 2 saturated carbocycles. The zero-order valence-corrected chi connectivity index (χ0v) is 19.4. The molecular formula is C16H23Cl4N3O4S. The van der Waals surface area contributed by atoms with Crippen molar-refractivity contribution in [1.82, 2.24) is 14.5 Å². The Morgan fingerprint density at radius 1 is 0.929 bits per heavy atom. The lowest BCUT2D eigenvalue weighted by molar-refractivity contribution is -0.137. The van der Waals surface area contributed by atoms with Crippen LogP contribution in [0.15, 0.2) is 0 Å². The van der Waals surface area contributed by atoms with Gasteiger partial charge in [0.25, 0.3) is 0 Å². The third kappa shape index (κ3) is 3.85. The molecule has 2 amide bonds. The Morgan fingerprint density at radius 3 is 1.82 bits per heavy atom. The van der Waals surface area contributed by atoms with E-state index in [1.54, 1.807) is 18.7 Å². The minimum atomic E-state index is -3.56. The van der Waals surface area contributed by atoms with Crippen molar-refractivity contribution in [2.75, 3.05) is 38.5 Å². The van der Waals surface area contributed by atoms with Crippen molar-refractivity contribution >= 4 is 68.2 Å². The summed E-state index contributed by atoms with van der Waals surface area (Å²) in [6.07, 6.45) is 0.730. The third-order valence-electron chi connectivity index (χ3n) is 6.05. The second kappa shape index (κ2) is 7.02. The normalized spacial score (nSPS) is 34.0. The predicted molar refractivity (Wildman–Crippen MR) is 109 cm³/mol. The molecule has 3 fully saturated rings. The largest absolute Gasteiger partial charge is 0.354 e. The Labute approximate surface area is 185 Å². The van der Waals surface area contributed by atoms with Crippen molar-refractivity contribution in [3.8, 4) is 0 Å². The van der Waals surface area contributed by atoms with Crippen LogP contribution in [0, 0.1) is 10.8 Å². The molecule has 1 aliphatic heterocycles. The average Bonchev–Trinajstić information content (AvgIpc) is 3.33. The molecule has 12 heteroatoms. The number of nitrogens with one attached hydrogen (secondary N) is 1. The number of carbonyl (C=O) groups excluding carboxylic acids is 2. The highest BCUT2D eigenvalue weighted by Crippen LogP contribution is 2.65. The van der Waals surface area contributed by atoms with Gasteiger partial charge < -0.3 is 10.2 Å². The Bertz CT molecular complexity index is 798. The number of hydrogen-bond donors (Lipinski definition) is 1. The maximum absolute atomic E-state index is 12.6. The van der Waals surface area contributed by atoms with Gasteiger partial charge in [0.05, 0.1) is 16.6 Å². The van der Waals surface area contributed by atoms with E-state index in [-0.39, 0.29) is 50.3 Å². The van der Waals surface area contributed by atoms with Gasteiger partial charge in [0, 0.05) is 32.7 Å². The molecule has 3 aliphatic rings. The Kier molecular flexibility index (Phi) is 5.69. The van der Waals surface area contributed by atoms with E-state index < -0.39 is 29.5 Å². The summed E-state index contributed by atoms with van der Waals surface area (Å²) in [5.74, 6) is -0.735. The summed E-state index contributed by atoms with van der Waals surface area (Å²) in [6, 6.07) is 0. The molecule has 7 nitrogen and oxygen atoms in total. The van der Waals surface area contributed by atoms with Gasteiger partial charge >= 0.3 is 0 Å². The summed E-state index contributed by atoms with van der Waals surface area (Å²) in [5, 5.41) is 2.59. The minimum absolute atomic E-state index is 0.0289. The third-order valence-corrected chi connectivity index (χ3v) is 10.1. The van der Waals surface area contributed by atoms with E-state index >= 15 is 0 Å². The quantitative estimate of drug-likeness (QED) is 0.570. The molecule has 0 unspecified atom stereocenters. The maximum Gasteiger partial charge on any atom is 0.231 e. The number of nitrogens with zero attached hydrogens (tertiary/aromatic N) is 2. The first-order chi connectivity index (χ1) is 12.7. The molecule has 160 valence electrons. The van der Waals surface area contributed by atoms with Crippen molar-refractivity contribution in [2.24, 2.45) is 10.8 Å². The van der Waals surface area contributed by atoms with Crippen LogP contribution in [0.3, 0.4) is 0 Å². The molecule has 2 atom stereocenters. The fourth-order valence-corrected chi connectivity index (χ4v) is 6.15. The van der Waals surface area contributed by atoms with Gasteiger partial charge in [-0.25, -0.2) is 8.42 Å². The lowest BCUT2D eigenvalue weighted by Crippen LogP contribution is -2.53. The lowest BCUT2D eigenvalue weighted by atomic mass is 10.1. The van der Waals surface area contributed by atoms with Crippen molar-refractivity contribution in [2.45, 2.75) is 35.4 Å². The second-order valence-corrected chi connectivity index (χ2v) is 13.2. The van der Waals surface area contributed by atoms with Gasteiger partial charge in [0.15, 0.2) is 0 Å². The van der Waals surface area contributed by atoms with Crippen molar-refractivity contribution in [3.05, 3.63) is 0 Å². The van der Waals surface area contributed by atoms with Crippen LogP contribution in [0.25, 0.3) is 0 Å². The first-order valence-electron chi connectivity index (χ1n) is 8.98. The molecule has 0 radical (unpaired) electrons. The fraction of sp³-hybridized carbons (Fsp3) is 0.875. The van der Waals surface area contributed by atoms with Gasteiger partial charge in [-0.15, -0.1) is 46.4 Å². The monoisotopic (exact) mass is 493 g/mol. The summed E-state index contributed by atoms with van der Waals surface area (Å²) in [6.45, 7) is 4.28. The van der Waals surface area contributed by atoms with Gasteiger partial charge in [0.2, 0.25) is 21.8 Å². The van der Waals surface area contributed by atoms with Crippen molar-refractivity contribution in [1.29, 1.82) is 0 Å². The van der Waals surface area contributed by atoms with E-state index in [0.717, 1.165) is 0 Å². The summed E-state index contributed by atoms with van der Waals surface area (Å²) in [7, 11) is -3.56. The minimum Gasteiger partial charge on any atom is -0.354 e. The van der Waals surface area contributed by atoms with Gasteiger partial charge in [-0.2, -0.15) is 4.31 Å². The van der Waals surface area contributed by atoms with Gasteiger partial charge in [-0.1, -0.05) is 0 Å². The van der Waals surface area contributed by atoms with Crippen LogP contribution in [0.1, 0.15) is 26.7 Å². The molecule has 0 aromatic rings. The smallest absolute Gasteiger partial charge is 0.231 e. The Hall–Kier alpha value is 0.01000. The maximum atomic E-state index is 12.6. The highest BCUT2D eigenvalue weighted by Gasteiger charge is 2.69. The fourth-order valence-electron chi connectivity index (χ4n) is 3.41. The first-order valence-corrected chi connectivity index (χ1v) is 12.1. The highest BCUT2D eigenvalue weighted by molar-refractivity contribution is 7.89. The first kappa shape index (κ1) is 22.7. The zero-order chi connectivity index (χ0) is 21.2. The van der Waals surface area contributed by atoms with Crippen LogP contribution in [-0.2, 0) is 19.6 Å². The predicted octanol–water partition coefficient (Wildman–Crippen LogP) is 1.74. The van der Waals surface area contributed by atoms with E-state index in [4.69, 9.17) is 46.4 Å². The summed E-state index contributed by atoms with van der Waals surface area (Å²) < 4.78 is 24.2. The Balaban J connectivity index is 1.46. The van der Waals surface area contributed by atoms with Gasteiger partial charge in [-0.3, -0.25) is 9.59 Å². The number of carbonyl (C=O) groups is 2. The summed E-state index contributed by atoms with van der Waals surface area (Å²) >= 11 is 24.0. The number of halogens is 4. The molecular weight excluding hydrogens is 472 g/mol. The molecule has 0 aromatic heterocycles. The molecule has 1 heterocycles. The lowest BCUT2D eigenvalue weighted by Gasteiger charge is -2.35. The number of piperazine rings is 1. The van der Waals surface area contributed by atoms with E-state index in [1.807, 2.05) is 0 Å². The van der Waals surface area contributed by atoms with Crippen LogP contribution in [0.4, 0.5) is 0 Å². The van der Waals surface area contributed by atoms with Crippen LogP contribution in [-0.4, -0.2) is 76.6 Å². The van der Waals surface area contributed by atoms with Crippen LogP contribution in [0.5, 0.6) is 0 Å². The molecule has 3 rings (SSSR count). The highest BCUT2D eigenvalue weighted by atomic mass is 35.5. The molecule has 28 heavy (non-hydrogen) atoms. The molecule has 0 bridgehead atoms. The van der Waals surface area contributed by atoms with E-state index in [1.165, 1.54) is 4.31 Å². The van der Waals surface area contributed by atoms with Gasteiger partial charge in [-0.05, 0) is 26.7 Å². The summed E-state index contributed by atoms with van der Waals surface area (Å²) in [4.78, 5) is 26.3. The SMILES string of the molecule is C[C@@]1(C(=O)N2CCN(S(=O)(=O)CCNC(=O)[C@@]3(C)CC3(Cl)Cl)CC2)CC1(Cl)Cl. The topological polar surface area (TPSA) is 86.8 Å². The second-order valence-electron chi connectivity index (χ2n) is 8.19. The van der Waals surface area contributed by atoms with Crippen molar-refractivity contribution in [3.63, 3.8) is 0 Å². The van der Waals surface area contributed by atoms with E-state index in [2.05, 4.69) is 5.32 Å². The van der Waals surface area contributed by atoms with Crippen LogP contribution in [0.2, 0.25) is 0 Å². The average molecular weight is 495 g/mol. The van der Waals surface area contributed by atoms with E-state index in [9.17, 15) is 18.0 Å². The number of amides is 2. The standard InChI is InChI=1S/C16H23Cl4N3O4S/c1-13(9-15(13,17)18)11(24)21-3-8-28(26,27)23-6-4-22(5-7-23)12(25)14(2)10-16(14,19)20/h3-10H2,1-2H3,(H,21,24)/t13-,14+/m1/s1. The Morgan fingerprint density at radius 2 is 1.39 bits per heavy atom. The molecule has 2 aliphatic carbocycles. The molecule has 1 N–H and O–H groups in total. The molecule has 0 spiro atoms. The number of hydrogen-bond acceptors (Lipinski definition) is 4.